The summed E-state index contributed by atoms with van der Waals surface area (Å²) in [5.41, 5.74) is 6.14. The summed E-state index contributed by atoms with van der Waals surface area (Å²) < 4.78 is 0. The third kappa shape index (κ3) is 1.87. The minimum Gasteiger partial charge on any atom is -0.288 e. The van der Waals surface area contributed by atoms with Crippen molar-refractivity contribution in [2.45, 2.75) is 0 Å². The first-order valence-corrected chi connectivity index (χ1v) is 4.36. The Labute approximate surface area is 86.1 Å². The van der Waals surface area contributed by atoms with Crippen LogP contribution in [0.25, 0.3) is 6.08 Å². The van der Waals surface area contributed by atoms with Gasteiger partial charge in [0.15, 0.2) is 5.71 Å². The molecule has 1 aromatic rings. The fourth-order valence-electron chi connectivity index (χ4n) is 1.25. The van der Waals surface area contributed by atoms with Gasteiger partial charge >= 0.3 is 0 Å². The molecule has 3 N–H and O–H groups in total. The van der Waals surface area contributed by atoms with Crippen LogP contribution in [0.1, 0.15) is 5.56 Å². The number of anilines is 1. The lowest BCUT2D eigenvalue weighted by atomic mass is 10.1. The molecule has 0 aromatic heterocycles. The van der Waals surface area contributed by atoms with Crippen LogP contribution in [0.15, 0.2) is 35.4 Å². The van der Waals surface area contributed by atoms with E-state index in [9.17, 15) is 4.79 Å². The van der Waals surface area contributed by atoms with E-state index in [4.69, 9.17) is 5.21 Å². The van der Waals surface area contributed by atoms with Gasteiger partial charge in [0, 0.05) is 0 Å². The minimum atomic E-state index is -0.647. The molecule has 1 aliphatic heterocycles. The molecule has 76 valence electrons. The summed E-state index contributed by atoms with van der Waals surface area (Å²) in [6.45, 7) is 0. The number of rotatable bonds is 1. The Morgan fingerprint density at radius 2 is 2.13 bits per heavy atom. The predicted octanol–water partition coefficient (Wildman–Crippen LogP) is 0.987. The lowest BCUT2D eigenvalue weighted by Crippen LogP contribution is -2.27. The standard InChI is InChI=1S/C10H9N3O2/c14-10(13-15)9-6-5-7-3-1-2-4-8(7)11-12-9/h1-6,11,15H,(H,13,14). The molecule has 1 aromatic carbocycles. The highest BCUT2D eigenvalue weighted by atomic mass is 16.5. The van der Waals surface area contributed by atoms with Crippen LogP contribution in [0.3, 0.4) is 0 Å². The van der Waals surface area contributed by atoms with Gasteiger partial charge in [0.05, 0.1) is 5.69 Å². The van der Waals surface area contributed by atoms with Gasteiger partial charge in [-0.15, -0.1) is 0 Å². The van der Waals surface area contributed by atoms with Crippen LogP contribution < -0.4 is 10.9 Å². The largest absolute Gasteiger partial charge is 0.295 e. The lowest BCUT2D eigenvalue weighted by molar-refractivity contribution is -0.122. The van der Waals surface area contributed by atoms with Crippen molar-refractivity contribution in [2.24, 2.45) is 5.10 Å². The molecular formula is C10H9N3O2. The highest BCUT2D eigenvalue weighted by Crippen LogP contribution is 2.18. The number of para-hydroxylation sites is 1. The number of carbonyl (C=O) groups excluding carboxylic acids is 1. The first kappa shape index (κ1) is 9.42. The molecule has 1 aliphatic rings. The van der Waals surface area contributed by atoms with Crippen LogP contribution in [0, 0.1) is 0 Å². The lowest BCUT2D eigenvalue weighted by Gasteiger charge is -2.01. The van der Waals surface area contributed by atoms with Gasteiger partial charge < -0.3 is 0 Å². The van der Waals surface area contributed by atoms with Crippen molar-refractivity contribution < 1.29 is 10.0 Å². The first-order valence-electron chi connectivity index (χ1n) is 4.36. The van der Waals surface area contributed by atoms with Gasteiger partial charge in [-0.2, -0.15) is 5.10 Å². The Morgan fingerprint density at radius 3 is 2.93 bits per heavy atom. The van der Waals surface area contributed by atoms with Crippen LogP contribution in [-0.4, -0.2) is 16.8 Å². The van der Waals surface area contributed by atoms with Crippen molar-refractivity contribution >= 4 is 23.4 Å². The number of nitrogens with one attached hydrogen (secondary N) is 2. The number of hydrazone groups is 1. The van der Waals surface area contributed by atoms with E-state index in [1.54, 1.807) is 6.08 Å². The molecule has 5 nitrogen and oxygen atoms in total. The quantitative estimate of drug-likeness (QED) is 0.470. The topological polar surface area (TPSA) is 73.7 Å². The Kier molecular flexibility index (Phi) is 2.47. The Hall–Kier alpha value is -2.14. The number of amides is 1. The summed E-state index contributed by atoms with van der Waals surface area (Å²) in [7, 11) is 0. The van der Waals surface area contributed by atoms with Crippen LogP contribution in [-0.2, 0) is 4.79 Å². The highest BCUT2D eigenvalue weighted by Gasteiger charge is 2.10. The van der Waals surface area contributed by atoms with E-state index in [-0.39, 0.29) is 5.71 Å². The molecule has 2 rings (SSSR count). The zero-order valence-corrected chi connectivity index (χ0v) is 7.77. The molecule has 15 heavy (non-hydrogen) atoms. The highest BCUT2D eigenvalue weighted by molar-refractivity contribution is 6.44. The number of hydrogen-bond acceptors (Lipinski definition) is 4. The van der Waals surface area contributed by atoms with Crippen LogP contribution >= 0.6 is 0 Å². The summed E-state index contributed by atoms with van der Waals surface area (Å²) in [6.07, 6.45) is 3.29. The molecule has 0 atom stereocenters. The van der Waals surface area contributed by atoms with Gasteiger partial charge in [-0.1, -0.05) is 24.3 Å². The maximum atomic E-state index is 11.1. The summed E-state index contributed by atoms with van der Waals surface area (Å²) >= 11 is 0. The first-order chi connectivity index (χ1) is 7.31. The smallest absolute Gasteiger partial charge is 0.288 e. The molecule has 0 radical (unpaired) electrons. The molecule has 0 spiro atoms. The van der Waals surface area contributed by atoms with Gasteiger partial charge in [0.2, 0.25) is 0 Å². The van der Waals surface area contributed by atoms with Crippen molar-refractivity contribution in [1.29, 1.82) is 0 Å². The van der Waals surface area contributed by atoms with E-state index in [0.29, 0.717) is 0 Å². The summed E-state index contributed by atoms with van der Waals surface area (Å²) in [5.74, 6) is -0.647. The average molecular weight is 203 g/mol. The maximum absolute atomic E-state index is 11.1. The minimum absolute atomic E-state index is 0.119. The Balaban J connectivity index is 2.33. The molecule has 1 amide bonds. The molecular weight excluding hydrogens is 194 g/mol. The second-order valence-corrected chi connectivity index (χ2v) is 2.97. The fourth-order valence-corrected chi connectivity index (χ4v) is 1.25. The van der Waals surface area contributed by atoms with E-state index in [2.05, 4.69) is 10.5 Å². The van der Waals surface area contributed by atoms with Crippen LogP contribution in [0.5, 0.6) is 0 Å². The second kappa shape index (κ2) is 3.93. The number of benzene rings is 1. The molecule has 1 heterocycles. The van der Waals surface area contributed by atoms with E-state index >= 15 is 0 Å². The van der Waals surface area contributed by atoms with E-state index < -0.39 is 5.91 Å². The third-order valence-electron chi connectivity index (χ3n) is 2.01. The fraction of sp³-hybridized carbons (Fsp3) is 0. The number of fused-ring (bicyclic) bond motifs is 1. The zero-order valence-electron chi connectivity index (χ0n) is 7.77. The third-order valence-corrected chi connectivity index (χ3v) is 2.01. The van der Waals surface area contributed by atoms with E-state index in [0.717, 1.165) is 11.3 Å². The summed E-state index contributed by atoms with van der Waals surface area (Å²) in [6, 6.07) is 7.51. The van der Waals surface area contributed by atoms with Gasteiger partial charge in [-0.05, 0) is 17.7 Å². The molecule has 0 fully saturated rings. The van der Waals surface area contributed by atoms with E-state index in [1.807, 2.05) is 24.3 Å². The predicted molar refractivity (Wildman–Crippen MR) is 56.5 cm³/mol. The van der Waals surface area contributed by atoms with Crippen molar-refractivity contribution in [3.05, 3.63) is 35.9 Å². The van der Waals surface area contributed by atoms with Gasteiger partial charge in [0.25, 0.3) is 5.91 Å². The van der Waals surface area contributed by atoms with E-state index in [1.165, 1.54) is 11.6 Å². The maximum Gasteiger partial charge on any atom is 0.295 e. The van der Waals surface area contributed by atoms with Crippen molar-refractivity contribution in [3.63, 3.8) is 0 Å². The summed E-state index contributed by atoms with van der Waals surface area (Å²) in [5, 5.41) is 12.3. The number of carbonyl (C=O) groups is 1. The van der Waals surface area contributed by atoms with Crippen molar-refractivity contribution in [2.75, 3.05) is 5.43 Å². The Bertz CT molecular complexity index is 452. The van der Waals surface area contributed by atoms with Gasteiger partial charge in [-0.25, -0.2) is 5.48 Å². The zero-order chi connectivity index (χ0) is 10.7. The van der Waals surface area contributed by atoms with Crippen molar-refractivity contribution in [3.8, 4) is 0 Å². The molecule has 0 unspecified atom stereocenters. The normalized spacial score (nSPS) is 13.3. The number of hydrogen-bond donors (Lipinski definition) is 3. The molecule has 0 saturated carbocycles. The van der Waals surface area contributed by atoms with Gasteiger partial charge in [-0.3, -0.25) is 15.4 Å². The van der Waals surface area contributed by atoms with Crippen molar-refractivity contribution in [1.82, 2.24) is 5.48 Å². The molecule has 0 aliphatic carbocycles. The monoisotopic (exact) mass is 203 g/mol. The molecule has 0 saturated heterocycles. The average Bonchev–Trinajstić information content (AvgIpc) is 2.50. The summed E-state index contributed by atoms with van der Waals surface area (Å²) in [4.78, 5) is 11.1. The van der Waals surface area contributed by atoms with Crippen LogP contribution in [0.4, 0.5) is 5.69 Å². The second-order valence-electron chi connectivity index (χ2n) is 2.97. The van der Waals surface area contributed by atoms with Gasteiger partial charge in [0.1, 0.15) is 0 Å². The van der Waals surface area contributed by atoms with Crippen LogP contribution in [0.2, 0.25) is 0 Å². The molecule has 0 bridgehead atoms. The SMILES string of the molecule is O=C(NO)C1=NNc2ccccc2C=C1. The Morgan fingerprint density at radius 1 is 1.33 bits per heavy atom. The number of nitrogens with zero attached hydrogens (tertiary/aromatic N) is 1. The molecule has 5 heteroatoms. The number of hydroxylamine groups is 1.